The van der Waals surface area contributed by atoms with E-state index >= 15 is 0 Å². The van der Waals surface area contributed by atoms with E-state index in [1.165, 1.54) is 17.1 Å². The molecule has 1 amide bonds. The van der Waals surface area contributed by atoms with Crippen LogP contribution in [-0.2, 0) is 17.9 Å². The highest BCUT2D eigenvalue weighted by Gasteiger charge is 2.10. The van der Waals surface area contributed by atoms with Crippen LogP contribution in [0.2, 0.25) is 0 Å². The Kier molecular flexibility index (Phi) is 5.12. The van der Waals surface area contributed by atoms with Gasteiger partial charge in [0.2, 0.25) is 5.91 Å². The number of nitrogens with zero attached hydrogens (tertiary/aromatic N) is 4. The van der Waals surface area contributed by atoms with Crippen LogP contribution < -0.4 is 5.32 Å². The lowest BCUT2D eigenvalue weighted by Crippen LogP contribution is -2.15. The molecule has 0 unspecified atom stereocenters. The first-order valence-electron chi connectivity index (χ1n) is 8.15. The average Bonchev–Trinajstić information content (AvgIpc) is 3.21. The Morgan fingerprint density at radius 1 is 1.23 bits per heavy atom. The van der Waals surface area contributed by atoms with Crippen LogP contribution in [0.3, 0.4) is 0 Å². The Hall–Kier alpha value is -3.42. The molecule has 0 saturated heterocycles. The van der Waals surface area contributed by atoms with Gasteiger partial charge in [0.05, 0.1) is 18.3 Å². The molecule has 2 N–H and O–H groups in total. The summed E-state index contributed by atoms with van der Waals surface area (Å²) in [5.74, 6) is -0.753. The van der Waals surface area contributed by atoms with E-state index in [9.17, 15) is 9.59 Å². The van der Waals surface area contributed by atoms with E-state index in [1.54, 1.807) is 0 Å². The standard InChI is InChI=1S/C18H19N5O3/c1-13-9-16(21-23(13)11-14-5-3-2-4-6-14)20-17(24)7-8-22-12-15(10-19-22)18(25)26/h2-6,9-10,12H,7-8,11H2,1H3,(H,25,26)(H,20,21,24). The highest BCUT2D eigenvalue weighted by molar-refractivity contribution is 5.89. The van der Waals surface area contributed by atoms with E-state index in [-0.39, 0.29) is 17.9 Å². The summed E-state index contributed by atoms with van der Waals surface area (Å²) in [4.78, 5) is 22.9. The van der Waals surface area contributed by atoms with Gasteiger partial charge in [0.15, 0.2) is 5.82 Å². The van der Waals surface area contributed by atoms with Crippen molar-refractivity contribution < 1.29 is 14.7 Å². The number of rotatable bonds is 7. The molecule has 2 heterocycles. The van der Waals surface area contributed by atoms with Crippen molar-refractivity contribution in [2.24, 2.45) is 0 Å². The number of hydrogen-bond acceptors (Lipinski definition) is 4. The topological polar surface area (TPSA) is 102 Å². The highest BCUT2D eigenvalue weighted by Crippen LogP contribution is 2.12. The van der Waals surface area contributed by atoms with Crippen molar-refractivity contribution in [1.82, 2.24) is 19.6 Å². The lowest BCUT2D eigenvalue weighted by molar-refractivity contribution is -0.116. The summed E-state index contributed by atoms with van der Waals surface area (Å²) >= 11 is 0. The number of carboxylic acid groups (broad SMARTS) is 1. The van der Waals surface area contributed by atoms with Gasteiger partial charge in [-0.25, -0.2) is 4.79 Å². The summed E-state index contributed by atoms with van der Waals surface area (Å²) in [6, 6.07) is 11.8. The number of aryl methyl sites for hydroxylation is 2. The summed E-state index contributed by atoms with van der Waals surface area (Å²) in [6.45, 7) is 2.86. The minimum Gasteiger partial charge on any atom is -0.478 e. The molecule has 8 heteroatoms. The predicted molar refractivity (Wildman–Crippen MR) is 94.9 cm³/mol. The molecule has 0 saturated carbocycles. The largest absolute Gasteiger partial charge is 0.478 e. The Bertz CT molecular complexity index is 914. The molecule has 0 radical (unpaired) electrons. The molecular weight excluding hydrogens is 334 g/mol. The lowest BCUT2D eigenvalue weighted by atomic mass is 10.2. The van der Waals surface area contributed by atoms with Crippen molar-refractivity contribution in [2.45, 2.75) is 26.4 Å². The van der Waals surface area contributed by atoms with Gasteiger partial charge in [-0.05, 0) is 12.5 Å². The number of carboxylic acids is 1. The third-order valence-corrected chi connectivity index (χ3v) is 3.87. The zero-order chi connectivity index (χ0) is 18.5. The molecule has 0 aliphatic heterocycles. The van der Waals surface area contributed by atoms with Crippen LogP contribution in [-0.4, -0.2) is 36.5 Å². The molecule has 3 aromatic rings. The summed E-state index contributed by atoms with van der Waals surface area (Å²) in [6.07, 6.45) is 2.83. The van der Waals surface area contributed by atoms with Gasteiger partial charge < -0.3 is 10.4 Å². The van der Waals surface area contributed by atoms with E-state index in [0.717, 1.165) is 11.3 Å². The van der Waals surface area contributed by atoms with Gasteiger partial charge in [0.1, 0.15) is 0 Å². The van der Waals surface area contributed by atoms with Crippen LogP contribution in [0.4, 0.5) is 5.82 Å². The second-order valence-electron chi connectivity index (χ2n) is 5.91. The number of nitrogens with one attached hydrogen (secondary N) is 1. The van der Waals surface area contributed by atoms with Gasteiger partial charge in [0.25, 0.3) is 0 Å². The number of benzene rings is 1. The van der Waals surface area contributed by atoms with Crippen LogP contribution >= 0.6 is 0 Å². The molecule has 0 fully saturated rings. The van der Waals surface area contributed by atoms with Crippen molar-refractivity contribution in [3.63, 3.8) is 0 Å². The third kappa shape index (κ3) is 4.35. The van der Waals surface area contributed by atoms with E-state index in [2.05, 4.69) is 15.5 Å². The van der Waals surface area contributed by atoms with E-state index in [1.807, 2.05) is 48.0 Å². The molecule has 2 aromatic heterocycles. The van der Waals surface area contributed by atoms with Gasteiger partial charge in [-0.15, -0.1) is 0 Å². The number of aromatic nitrogens is 4. The SMILES string of the molecule is Cc1cc(NC(=O)CCn2cc(C(=O)O)cn2)nn1Cc1ccccc1. The number of carbonyl (C=O) groups is 2. The molecular formula is C18H19N5O3. The third-order valence-electron chi connectivity index (χ3n) is 3.87. The van der Waals surface area contributed by atoms with Crippen molar-refractivity contribution in [2.75, 3.05) is 5.32 Å². The summed E-state index contributed by atoms with van der Waals surface area (Å²) in [5.41, 5.74) is 2.17. The molecule has 0 atom stereocenters. The van der Waals surface area contributed by atoms with Crippen molar-refractivity contribution in [3.05, 3.63) is 65.6 Å². The van der Waals surface area contributed by atoms with Crippen LogP contribution in [0.1, 0.15) is 28.0 Å². The second kappa shape index (κ2) is 7.64. The molecule has 26 heavy (non-hydrogen) atoms. The van der Waals surface area contributed by atoms with Gasteiger partial charge in [0, 0.05) is 30.9 Å². The summed E-state index contributed by atoms with van der Waals surface area (Å²) in [7, 11) is 0. The molecule has 3 rings (SSSR count). The number of amides is 1. The second-order valence-corrected chi connectivity index (χ2v) is 5.91. The number of anilines is 1. The van der Waals surface area contributed by atoms with Gasteiger partial charge >= 0.3 is 5.97 Å². The maximum atomic E-state index is 12.1. The molecule has 1 aromatic carbocycles. The minimum atomic E-state index is -1.04. The molecule has 0 aliphatic carbocycles. The Balaban J connectivity index is 1.55. The highest BCUT2D eigenvalue weighted by atomic mass is 16.4. The van der Waals surface area contributed by atoms with Gasteiger partial charge in [-0.3, -0.25) is 14.2 Å². The number of hydrogen-bond donors (Lipinski definition) is 2. The first-order chi connectivity index (χ1) is 12.5. The molecule has 0 spiro atoms. The molecule has 134 valence electrons. The van der Waals surface area contributed by atoms with E-state index in [0.29, 0.717) is 18.9 Å². The van der Waals surface area contributed by atoms with E-state index in [4.69, 9.17) is 5.11 Å². The predicted octanol–water partition coefficient (Wildman–Crippen LogP) is 2.16. The van der Waals surface area contributed by atoms with Gasteiger partial charge in [-0.1, -0.05) is 30.3 Å². The monoisotopic (exact) mass is 353 g/mol. The fourth-order valence-electron chi connectivity index (χ4n) is 2.51. The van der Waals surface area contributed by atoms with Crippen molar-refractivity contribution in [1.29, 1.82) is 0 Å². The van der Waals surface area contributed by atoms with E-state index < -0.39 is 5.97 Å². The smallest absolute Gasteiger partial charge is 0.338 e. The van der Waals surface area contributed by atoms with Crippen molar-refractivity contribution in [3.8, 4) is 0 Å². The molecule has 0 aliphatic rings. The normalized spacial score (nSPS) is 10.7. The van der Waals surface area contributed by atoms with Gasteiger partial charge in [-0.2, -0.15) is 10.2 Å². The van der Waals surface area contributed by atoms with Crippen LogP contribution in [0.25, 0.3) is 0 Å². The van der Waals surface area contributed by atoms with Crippen LogP contribution in [0.15, 0.2) is 48.8 Å². The van der Waals surface area contributed by atoms with Crippen molar-refractivity contribution >= 4 is 17.7 Å². The Morgan fingerprint density at radius 3 is 2.69 bits per heavy atom. The molecule has 8 nitrogen and oxygen atoms in total. The fourth-order valence-corrected chi connectivity index (χ4v) is 2.51. The Labute approximate surface area is 150 Å². The zero-order valence-corrected chi connectivity index (χ0v) is 14.3. The zero-order valence-electron chi connectivity index (χ0n) is 14.3. The first kappa shape index (κ1) is 17.4. The molecule has 0 bridgehead atoms. The van der Waals surface area contributed by atoms with Crippen LogP contribution in [0, 0.1) is 6.92 Å². The quantitative estimate of drug-likeness (QED) is 0.678. The fraction of sp³-hybridized carbons (Fsp3) is 0.222. The average molecular weight is 353 g/mol. The first-order valence-corrected chi connectivity index (χ1v) is 8.15. The number of carbonyl (C=O) groups excluding carboxylic acids is 1. The summed E-state index contributed by atoms with van der Waals surface area (Å²) in [5, 5.41) is 20.0. The summed E-state index contributed by atoms with van der Waals surface area (Å²) < 4.78 is 3.26. The lowest BCUT2D eigenvalue weighted by Gasteiger charge is -2.04. The maximum absolute atomic E-state index is 12.1. The maximum Gasteiger partial charge on any atom is 0.338 e. The van der Waals surface area contributed by atoms with Crippen LogP contribution in [0.5, 0.6) is 0 Å². The minimum absolute atomic E-state index is 0.0979. The Morgan fingerprint density at radius 2 is 2.00 bits per heavy atom. The number of aromatic carboxylic acids is 1.